The first kappa shape index (κ1) is 12.0. The summed E-state index contributed by atoms with van der Waals surface area (Å²) < 4.78 is 0. The lowest BCUT2D eigenvalue weighted by Crippen LogP contribution is -2.14. The lowest BCUT2D eigenvalue weighted by atomic mass is 10.3. The number of nitrogens with zero attached hydrogens (tertiary/aromatic N) is 2. The first-order valence-electron chi connectivity index (χ1n) is 5.73. The SMILES string of the molecule is CCNc1ccc(C(=O)Nc2ccccc2)nn1. The molecule has 0 atom stereocenters. The van der Waals surface area contributed by atoms with E-state index in [2.05, 4.69) is 20.8 Å². The molecule has 5 heteroatoms. The summed E-state index contributed by atoms with van der Waals surface area (Å²) in [5.41, 5.74) is 1.03. The fraction of sp³-hybridized carbons (Fsp3) is 0.154. The molecular weight excluding hydrogens is 228 g/mol. The molecule has 1 aromatic heterocycles. The zero-order valence-corrected chi connectivity index (χ0v) is 10.1. The minimum atomic E-state index is -0.267. The number of nitrogens with one attached hydrogen (secondary N) is 2. The molecule has 1 amide bonds. The first-order chi connectivity index (χ1) is 8.79. The van der Waals surface area contributed by atoms with Crippen LogP contribution in [0.4, 0.5) is 11.5 Å². The van der Waals surface area contributed by atoms with E-state index in [-0.39, 0.29) is 5.91 Å². The van der Waals surface area contributed by atoms with E-state index in [0.717, 1.165) is 12.2 Å². The van der Waals surface area contributed by atoms with Crippen LogP contribution in [-0.2, 0) is 0 Å². The second kappa shape index (κ2) is 5.77. The third-order valence-corrected chi connectivity index (χ3v) is 2.29. The maximum absolute atomic E-state index is 11.8. The van der Waals surface area contributed by atoms with Crippen LogP contribution in [0.5, 0.6) is 0 Å². The van der Waals surface area contributed by atoms with Crippen LogP contribution < -0.4 is 10.6 Å². The maximum atomic E-state index is 11.8. The molecule has 0 fully saturated rings. The summed E-state index contributed by atoms with van der Waals surface area (Å²) in [6, 6.07) is 12.6. The minimum Gasteiger partial charge on any atom is -0.369 e. The molecule has 0 bridgehead atoms. The molecule has 5 nitrogen and oxygen atoms in total. The van der Waals surface area contributed by atoms with E-state index in [4.69, 9.17) is 0 Å². The van der Waals surface area contributed by atoms with Crippen LogP contribution in [0.2, 0.25) is 0 Å². The van der Waals surface area contributed by atoms with Crippen LogP contribution in [0.15, 0.2) is 42.5 Å². The Bertz CT molecular complexity index is 510. The number of amides is 1. The number of carbonyl (C=O) groups excluding carboxylic acids is 1. The van der Waals surface area contributed by atoms with E-state index in [9.17, 15) is 4.79 Å². The number of carbonyl (C=O) groups is 1. The summed E-state index contributed by atoms with van der Waals surface area (Å²) in [5.74, 6) is 0.394. The van der Waals surface area contributed by atoms with Crippen molar-refractivity contribution >= 4 is 17.4 Å². The van der Waals surface area contributed by atoms with Crippen LogP contribution >= 0.6 is 0 Å². The highest BCUT2D eigenvalue weighted by atomic mass is 16.1. The molecular formula is C13H14N4O. The normalized spacial score (nSPS) is 9.83. The molecule has 0 aliphatic heterocycles. The molecule has 0 aliphatic rings. The van der Waals surface area contributed by atoms with Gasteiger partial charge in [0.1, 0.15) is 5.82 Å². The Morgan fingerprint density at radius 2 is 1.89 bits per heavy atom. The standard InChI is InChI=1S/C13H14N4O/c1-2-14-12-9-8-11(16-17-12)13(18)15-10-6-4-3-5-7-10/h3-9H,2H2,1H3,(H,14,17)(H,15,18). The van der Waals surface area contributed by atoms with Gasteiger partial charge in [-0.3, -0.25) is 4.79 Å². The maximum Gasteiger partial charge on any atom is 0.276 e. The third-order valence-electron chi connectivity index (χ3n) is 2.29. The Hall–Kier alpha value is -2.43. The second-order valence-electron chi connectivity index (χ2n) is 3.65. The zero-order chi connectivity index (χ0) is 12.8. The summed E-state index contributed by atoms with van der Waals surface area (Å²) in [5, 5.41) is 13.5. The van der Waals surface area contributed by atoms with Crippen LogP contribution in [0.25, 0.3) is 0 Å². The number of para-hydroxylation sites is 1. The molecule has 2 aromatic rings. The number of anilines is 2. The van der Waals surface area contributed by atoms with Crippen LogP contribution in [0.3, 0.4) is 0 Å². The molecule has 18 heavy (non-hydrogen) atoms. The second-order valence-corrected chi connectivity index (χ2v) is 3.65. The van der Waals surface area contributed by atoms with Crippen molar-refractivity contribution in [1.29, 1.82) is 0 Å². The Morgan fingerprint density at radius 1 is 1.11 bits per heavy atom. The highest BCUT2D eigenvalue weighted by molar-refractivity contribution is 6.02. The molecule has 1 aromatic carbocycles. The van der Waals surface area contributed by atoms with E-state index in [0.29, 0.717) is 11.5 Å². The topological polar surface area (TPSA) is 66.9 Å². The Morgan fingerprint density at radius 3 is 2.50 bits per heavy atom. The Kier molecular flexibility index (Phi) is 3.86. The third kappa shape index (κ3) is 3.04. The number of hydrogen-bond acceptors (Lipinski definition) is 4. The summed E-state index contributed by atoms with van der Waals surface area (Å²) in [7, 11) is 0. The molecule has 0 unspecified atom stereocenters. The number of hydrogen-bond donors (Lipinski definition) is 2. The fourth-order valence-electron chi connectivity index (χ4n) is 1.45. The zero-order valence-electron chi connectivity index (χ0n) is 10.1. The monoisotopic (exact) mass is 242 g/mol. The predicted octanol–water partition coefficient (Wildman–Crippen LogP) is 2.16. The first-order valence-corrected chi connectivity index (χ1v) is 5.73. The predicted molar refractivity (Wildman–Crippen MR) is 70.6 cm³/mol. The van der Waals surface area contributed by atoms with Crippen molar-refractivity contribution in [2.45, 2.75) is 6.92 Å². The van der Waals surface area contributed by atoms with Gasteiger partial charge < -0.3 is 10.6 Å². The largest absolute Gasteiger partial charge is 0.369 e. The van der Waals surface area contributed by atoms with Gasteiger partial charge in [-0.25, -0.2) is 0 Å². The molecule has 1 heterocycles. The van der Waals surface area contributed by atoms with E-state index in [1.807, 2.05) is 37.3 Å². The van der Waals surface area contributed by atoms with Gasteiger partial charge in [0.25, 0.3) is 5.91 Å². The molecule has 0 spiro atoms. The van der Waals surface area contributed by atoms with Crippen molar-refractivity contribution < 1.29 is 4.79 Å². The lowest BCUT2D eigenvalue weighted by molar-refractivity contribution is 0.102. The van der Waals surface area contributed by atoms with E-state index in [1.54, 1.807) is 12.1 Å². The van der Waals surface area contributed by atoms with Gasteiger partial charge in [-0.15, -0.1) is 10.2 Å². The highest BCUT2D eigenvalue weighted by Crippen LogP contribution is 2.08. The van der Waals surface area contributed by atoms with Gasteiger partial charge in [0, 0.05) is 12.2 Å². The van der Waals surface area contributed by atoms with Crippen molar-refractivity contribution in [3.05, 3.63) is 48.2 Å². The van der Waals surface area contributed by atoms with Gasteiger partial charge in [0.15, 0.2) is 5.69 Å². The molecule has 0 aliphatic carbocycles. The Balaban J connectivity index is 2.05. The number of aromatic nitrogens is 2. The van der Waals surface area contributed by atoms with Crippen LogP contribution in [-0.4, -0.2) is 22.6 Å². The summed E-state index contributed by atoms with van der Waals surface area (Å²) >= 11 is 0. The smallest absolute Gasteiger partial charge is 0.276 e. The molecule has 0 saturated carbocycles. The number of benzene rings is 1. The quantitative estimate of drug-likeness (QED) is 0.862. The van der Waals surface area contributed by atoms with Gasteiger partial charge in [-0.1, -0.05) is 18.2 Å². The molecule has 2 rings (SSSR count). The Labute approximate surface area is 105 Å². The minimum absolute atomic E-state index is 0.267. The average Bonchev–Trinajstić information content (AvgIpc) is 2.41. The summed E-state index contributed by atoms with van der Waals surface area (Å²) in [6.45, 7) is 2.74. The van der Waals surface area contributed by atoms with Crippen LogP contribution in [0.1, 0.15) is 17.4 Å². The van der Waals surface area contributed by atoms with Gasteiger partial charge >= 0.3 is 0 Å². The number of rotatable bonds is 4. The molecule has 2 N–H and O–H groups in total. The average molecular weight is 242 g/mol. The lowest BCUT2D eigenvalue weighted by Gasteiger charge is -2.04. The van der Waals surface area contributed by atoms with Crippen LogP contribution in [0, 0.1) is 0 Å². The highest BCUT2D eigenvalue weighted by Gasteiger charge is 2.07. The van der Waals surface area contributed by atoms with Crippen molar-refractivity contribution in [3.8, 4) is 0 Å². The van der Waals surface area contributed by atoms with Gasteiger partial charge in [0.2, 0.25) is 0 Å². The van der Waals surface area contributed by atoms with Gasteiger partial charge in [-0.05, 0) is 31.2 Å². The summed E-state index contributed by atoms with van der Waals surface area (Å²) in [6.07, 6.45) is 0. The van der Waals surface area contributed by atoms with E-state index < -0.39 is 0 Å². The molecule has 0 saturated heterocycles. The molecule has 92 valence electrons. The molecule has 0 radical (unpaired) electrons. The van der Waals surface area contributed by atoms with Crippen molar-refractivity contribution in [2.75, 3.05) is 17.2 Å². The van der Waals surface area contributed by atoms with E-state index >= 15 is 0 Å². The fourth-order valence-corrected chi connectivity index (χ4v) is 1.45. The van der Waals surface area contributed by atoms with Gasteiger partial charge in [0.05, 0.1) is 0 Å². The van der Waals surface area contributed by atoms with Gasteiger partial charge in [-0.2, -0.15) is 0 Å². The van der Waals surface area contributed by atoms with Crippen molar-refractivity contribution in [3.63, 3.8) is 0 Å². The van der Waals surface area contributed by atoms with Crippen molar-refractivity contribution in [2.24, 2.45) is 0 Å². The van der Waals surface area contributed by atoms with E-state index in [1.165, 1.54) is 0 Å². The van der Waals surface area contributed by atoms with Crippen molar-refractivity contribution in [1.82, 2.24) is 10.2 Å². The summed E-state index contributed by atoms with van der Waals surface area (Å²) in [4.78, 5) is 11.8.